The van der Waals surface area contributed by atoms with E-state index in [4.69, 9.17) is 0 Å². The van der Waals surface area contributed by atoms with Crippen LogP contribution in [0.4, 0.5) is 0 Å². The molecule has 21 heavy (non-hydrogen) atoms. The third-order valence-electron chi connectivity index (χ3n) is 5.36. The van der Waals surface area contributed by atoms with Crippen molar-refractivity contribution in [2.75, 3.05) is 13.1 Å². The quantitative estimate of drug-likeness (QED) is 0.829. The van der Waals surface area contributed by atoms with Crippen molar-refractivity contribution in [3.63, 3.8) is 0 Å². The topological polar surface area (TPSA) is 25.2 Å². The molecule has 0 spiro atoms. The molecule has 1 unspecified atom stereocenters. The monoisotopic (exact) mass is 282 g/mol. The van der Waals surface area contributed by atoms with Crippen LogP contribution >= 0.6 is 0 Å². The molecule has 1 aliphatic heterocycles. The molecule has 110 valence electrons. The van der Waals surface area contributed by atoms with Crippen molar-refractivity contribution < 1.29 is 4.79 Å². The molecule has 2 aromatic rings. The van der Waals surface area contributed by atoms with Gasteiger partial charge in [-0.15, -0.1) is 0 Å². The molecule has 1 amide bonds. The fraction of sp³-hybridized carbons (Fsp3) is 0.500. The minimum Gasteiger partial charge on any atom is -0.347 e. The van der Waals surface area contributed by atoms with Gasteiger partial charge in [-0.05, 0) is 36.8 Å². The van der Waals surface area contributed by atoms with Crippen LogP contribution in [0.25, 0.3) is 10.9 Å². The molecule has 1 aliphatic carbocycles. The lowest BCUT2D eigenvalue weighted by Gasteiger charge is -2.29. The van der Waals surface area contributed by atoms with Crippen molar-refractivity contribution >= 4 is 16.8 Å². The van der Waals surface area contributed by atoms with Gasteiger partial charge in [-0.1, -0.05) is 24.6 Å². The highest BCUT2D eigenvalue weighted by molar-refractivity contribution is 5.82. The van der Waals surface area contributed by atoms with Crippen LogP contribution in [0.5, 0.6) is 0 Å². The zero-order valence-corrected chi connectivity index (χ0v) is 12.6. The van der Waals surface area contributed by atoms with Crippen molar-refractivity contribution in [2.24, 2.45) is 13.0 Å². The molecule has 3 nitrogen and oxygen atoms in total. The number of para-hydroxylation sites is 1. The van der Waals surface area contributed by atoms with E-state index in [0.717, 1.165) is 32.4 Å². The highest BCUT2D eigenvalue weighted by Gasteiger charge is 2.34. The molecule has 1 aromatic heterocycles. The van der Waals surface area contributed by atoms with Crippen molar-refractivity contribution in [1.29, 1.82) is 0 Å². The fourth-order valence-corrected chi connectivity index (χ4v) is 3.82. The van der Waals surface area contributed by atoms with E-state index < -0.39 is 0 Å². The molecular formula is C18H22N2O. The van der Waals surface area contributed by atoms with Crippen LogP contribution in [0.1, 0.15) is 37.3 Å². The van der Waals surface area contributed by atoms with E-state index in [0.29, 0.717) is 17.7 Å². The van der Waals surface area contributed by atoms with Crippen molar-refractivity contribution in [2.45, 2.75) is 31.6 Å². The molecule has 2 heterocycles. The lowest BCUT2D eigenvalue weighted by atomic mass is 9.84. The first-order valence-corrected chi connectivity index (χ1v) is 8.07. The van der Waals surface area contributed by atoms with Crippen molar-refractivity contribution in [1.82, 2.24) is 9.47 Å². The maximum absolute atomic E-state index is 12.4. The van der Waals surface area contributed by atoms with E-state index in [9.17, 15) is 4.79 Å². The summed E-state index contributed by atoms with van der Waals surface area (Å²) in [6.45, 7) is 1.83. The molecule has 0 N–H and O–H groups in total. The largest absolute Gasteiger partial charge is 0.347 e. The second-order valence-electron chi connectivity index (χ2n) is 6.58. The van der Waals surface area contributed by atoms with Gasteiger partial charge in [-0.3, -0.25) is 4.79 Å². The number of carbonyl (C=O) groups excluding carboxylic acids is 1. The maximum atomic E-state index is 12.4. The first-order chi connectivity index (χ1) is 10.2. The van der Waals surface area contributed by atoms with Gasteiger partial charge in [0, 0.05) is 43.2 Å². The Morgan fingerprint density at radius 3 is 2.71 bits per heavy atom. The van der Waals surface area contributed by atoms with Crippen LogP contribution < -0.4 is 0 Å². The third kappa shape index (κ3) is 2.06. The summed E-state index contributed by atoms with van der Waals surface area (Å²) in [5.74, 6) is 1.23. The number of hydrogen-bond acceptors (Lipinski definition) is 1. The Labute approximate surface area is 125 Å². The van der Waals surface area contributed by atoms with Crippen LogP contribution in [0.15, 0.2) is 30.3 Å². The van der Waals surface area contributed by atoms with Crippen molar-refractivity contribution in [3.8, 4) is 0 Å². The predicted octanol–water partition coefficient (Wildman–Crippen LogP) is 3.29. The number of likely N-dealkylation sites (tertiary alicyclic amines) is 1. The minimum absolute atomic E-state index is 0.330. The molecule has 2 fully saturated rings. The van der Waals surface area contributed by atoms with E-state index in [-0.39, 0.29) is 0 Å². The number of aryl methyl sites for hydroxylation is 1. The standard InChI is InChI=1S/C18H22N2O/c1-19-16-8-3-2-5-14(16)11-17(19)15-9-10-20(12-15)18(21)13-6-4-7-13/h2-3,5,8,11,13,15H,4,6-7,9-10,12H2,1H3. The lowest BCUT2D eigenvalue weighted by Crippen LogP contribution is -2.37. The summed E-state index contributed by atoms with van der Waals surface area (Å²) in [5, 5.41) is 1.30. The molecular weight excluding hydrogens is 260 g/mol. The van der Waals surface area contributed by atoms with Crippen LogP contribution in [-0.2, 0) is 11.8 Å². The van der Waals surface area contributed by atoms with Gasteiger partial charge in [0.05, 0.1) is 0 Å². The van der Waals surface area contributed by atoms with Gasteiger partial charge in [0.25, 0.3) is 0 Å². The molecule has 0 radical (unpaired) electrons. The molecule has 3 heteroatoms. The van der Waals surface area contributed by atoms with Crippen LogP contribution in [0, 0.1) is 5.92 Å². The Hall–Kier alpha value is -1.77. The number of fused-ring (bicyclic) bond motifs is 1. The number of nitrogens with zero attached hydrogens (tertiary/aromatic N) is 2. The maximum Gasteiger partial charge on any atom is 0.225 e. The average Bonchev–Trinajstić information content (AvgIpc) is 3.02. The van der Waals surface area contributed by atoms with E-state index in [1.807, 2.05) is 0 Å². The normalized spacial score (nSPS) is 22.7. The van der Waals surface area contributed by atoms with Crippen LogP contribution in [-0.4, -0.2) is 28.5 Å². The summed E-state index contributed by atoms with van der Waals surface area (Å²) < 4.78 is 2.30. The zero-order chi connectivity index (χ0) is 14.4. The second-order valence-corrected chi connectivity index (χ2v) is 6.58. The molecule has 0 bridgehead atoms. The van der Waals surface area contributed by atoms with E-state index in [2.05, 4.69) is 46.8 Å². The Morgan fingerprint density at radius 2 is 2.00 bits per heavy atom. The van der Waals surface area contributed by atoms with Gasteiger partial charge >= 0.3 is 0 Å². The number of rotatable bonds is 2. The first kappa shape index (κ1) is 12.9. The molecule has 4 rings (SSSR count). The van der Waals surface area contributed by atoms with Crippen LogP contribution in [0.2, 0.25) is 0 Å². The van der Waals surface area contributed by atoms with E-state index in [1.54, 1.807) is 0 Å². The molecule has 2 aliphatic rings. The van der Waals surface area contributed by atoms with Gasteiger partial charge in [0.1, 0.15) is 0 Å². The van der Waals surface area contributed by atoms with Gasteiger partial charge in [-0.25, -0.2) is 0 Å². The number of aromatic nitrogens is 1. The summed E-state index contributed by atoms with van der Waals surface area (Å²) in [6.07, 6.45) is 4.54. The zero-order valence-electron chi connectivity index (χ0n) is 12.6. The smallest absolute Gasteiger partial charge is 0.225 e. The SMILES string of the molecule is Cn1c(C2CCN(C(=O)C3CCC3)C2)cc2ccccc21. The highest BCUT2D eigenvalue weighted by atomic mass is 16.2. The van der Waals surface area contributed by atoms with E-state index in [1.165, 1.54) is 23.0 Å². The Balaban J connectivity index is 1.56. The van der Waals surface area contributed by atoms with Gasteiger partial charge in [0.15, 0.2) is 0 Å². The Morgan fingerprint density at radius 1 is 1.19 bits per heavy atom. The summed E-state index contributed by atoms with van der Waals surface area (Å²) in [7, 11) is 2.15. The lowest BCUT2D eigenvalue weighted by molar-refractivity contribution is -0.137. The van der Waals surface area contributed by atoms with Crippen LogP contribution in [0.3, 0.4) is 0 Å². The fourth-order valence-electron chi connectivity index (χ4n) is 3.82. The summed E-state index contributed by atoms with van der Waals surface area (Å²) in [6, 6.07) is 10.8. The van der Waals surface area contributed by atoms with Gasteiger partial charge in [-0.2, -0.15) is 0 Å². The number of carbonyl (C=O) groups is 1. The first-order valence-electron chi connectivity index (χ1n) is 8.07. The predicted molar refractivity (Wildman–Crippen MR) is 84.2 cm³/mol. The van der Waals surface area contributed by atoms with Gasteiger partial charge < -0.3 is 9.47 Å². The Kier molecular flexibility index (Phi) is 3.02. The summed E-state index contributed by atoms with van der Waals surface area (Å²) >= 11 is 0. The molecule has 1 atom stereocenters. The second kappa shape index (κ2) is 4.90. The minimum atomic E-state index is 0.330. The summed E-state index contributed by atoms with van der Waals surface area (Å²) in [4.78, 5) is 14.5. The average molecular weight is 282 g/mol. The van der Waals surface area contributed by atoms with E-state index >= 15 is 0 Å². The van der Waals surface area contributed by atoms with Crippen molar-refractivity contribution in [3.05, 3.63) is 36.0 Å². The highest BCUT2D eigenvalue weighted by Crippen LogP contribution is 2.34. The molecule has 1 aromatic carbocycles. The Bertz CT molecular complexity index is 684. The number of benzene rings is 1. The third-order valence-corrected chi connectivity index (χ3v) is 5.36. The molecule has 1 saturated carbocycles. The van der Waals surface area contributed by atoms with Gasteiger partial charge in [0.2, 0.25) is 5.91 Å². The number of hydrogen-bond donors (Lipinski definition) is 0. The number of amides is 1. The summed E-state index contributed by atoms with van der Waals surface area (Å²) in [5.41, 5.74) is 2.66. The molecule has 1 saturated heterocycles.